The van der Waals surface area contributed by atoms with Crippen LogP contribution in [0.1, 0.15) is 39.5 Å². The van der Waals surface area contributed by atoms with E-state index in [1.165, 1.54) is 13.8 Å². The van der Waals surface area contributed by atoms with Gasteiger partial charge in [0, 0.05) is 12.8 Å². The van der Waals surface area contributed by atoms with E-state index in [0.29, 0.717) is 0 Å². The third kappa shape index (κ3) is 10.6. The van der Waals surface area contributed by atoms with Crippen LogP contribution in [-0.4, -0.2) is 75.1 Å². The van der Waals surface area contributed by atoms with Gasteiger partial charge in [-0.15, -0.1) is 0 Å². The minimum absolute atomic E-state index is 0.147. The van der Waals surface area contributed by atoms with Crippen LogP contribution >= 0.6 is 0 Å². The molecule has 0 fully saturated rings. The largest absolute Gasteiger partial charge is 0.481 e. The first-order valence-corrected chi connectivity index (χ1v) is 8.68. The lowest BCUT2D eigenvalue weighted by molar-refractivity contribution is -0.142. The second kappa shape index (κ2) is 12.3. The molecule has 164 valence electrons. The summed E-state index contributed by atoms with van der Waals surface area (Å²) in [5.41, 5.74) is 5.54. The number of carbonyl (C=O) groups is 6. The molecule has 0 saturated heterocycles. The van der Waals surface area contributed by atoms with Gasteiger partial charge in [0.25, 0.3) is 0 Å². The van der Waals surface area contributed by atoms with Crippen molar-refractivity contribution in [2.45, 2.75) is 63.7 Å². The van der Waals surface area contributed by atoms with E-state index in [0.717, 1.165) is 0 Å². The third-order valence-electron chi connectivity index (χ3n) is 3.77. The normalized spacial score (nSPS) is 14.6. The number of carboxylic acids is 3. The van der Waals surface area contributed by atoms with Gasteiger partial charge in [-0.2, -0.15) is 0 Å². The van der Waals surface area contributed by atoms with Gasteiger partial charge in [-0.1, -0.05) is 0 Å². The predicted molar refractivity (Wildman–Crippen MR) is 96.5 cm³/mol. The summed E-state index contributed by atoms with van der Waals surface area (Å²) >= 11 is 0. The van der Waals surface area contributed by atoms with E-state index in [2.05, 4.69) is 16.0 Å². The highest BCUT2D eigenvalue weighted by atomic mass is 16.4. The third-order valence-corrected chi connectivity index (χ3v) is 3.77. The molecule has 0 aliphatic heterocycles. The summed E-state index contributed by atoms with van der Waals surface area (Å²) in [5, 5.41) is 32.8. The van der Waals surface area contributed by atoms with Crippen LogP contribution in [0.15, 0.2) is 0 Å². The van der Waals surface area contributed by atoms with Gasteiger partial charge in [-0.25, -0.2) is 0 Å². The van der Waals surface area contributed by atoms with Gasteiger partial charge in [-0.3, -0.25) is 28.8 Å². The van der Waals surface area contributed by atoms with Gasteiger partial charge in [-0.05, 0) is 26.7 Å². The smallest absolute Gasteiger partial charge is 0.325 e. The van der Waals surface area contributed by atoms with Crippen LogP contribution in [0.5, 0.6) is 0 Å². The number of aliphatic carboxylic acids is 3. The first-order chi connectivity index (χ1) is 13.3. The molecule has 4 atom stereocenters. The molecule has 0 rings (SSSR count). The van der Waals surface area contributed by atoms with Gasteiger partial charge < -0.3 is 37.0 Å². The molecule has 13 heteroatoms. The predicted octanol–water partition coefficient (Wildman–Crippen LogP) is -2.38. The molecule has 0 aromatic rings. The zero-order valence-electron chi connectivity index (χ0n) is 16.0. The maximum Gasteiger partial charge on any atom is 0.325 e. The van der Waals surface area contributed by atoms with Crippen molar-refractivity contribution in [2.75, 3.05) is 0 Å². The highest BCUT2D eigenvalue weighted by Gasteiger charge is 2.27. The average Bonchev–Trinajstić information content (AvgIpc) is 2.61. The second-order valence-corrected chi connectivity index (χ2v) is 6.33. The summed E-state index contributed by atoms with van der Waals surface area (Å²) in [6.45, 7) is 2.47. The number of hydrogen-bond donors (Lipinski definition) is 7. The highest BCUT2D eigenvalue weighted by Crippen LogP contribution is 2.01. The summed E-state index contributed by atoms with van der Waals surface area (Å²) < 4.78 is 0. The standard InChI is InChI=1S/C16H26N4O9/c1-7(18-14(26)9(17)3-5-11(21)22)13(25)20-10(4-6-12(23)24)15(27)19-8(2)16(28)29/h7-10H,3-6,17H2,1-2H3,(H,18,26)(H,19,27)(H,20,25)(H,21,22)(H,23,24)(H,28,29). The van der Waals surface area contributed by atoms with Crippen LogP contribution in [0, 0.1) is 0 Å². The zero-order valence-corrected chi connectivity index (χ0v) is 16.0. The van der Waals surface area contributed by atoms with Crippen LogP contribution in [0.3, 0.4) is 0 Å². The fourth-order valence-corrected chi connectivity index (χ4v) is 2.01. The molecule has 0 radical (unpaired) electrons. The Morgan fingerprint density at radius 1 is 0.724 bits per heavy atom. The van der Waals surface area contributed by atoms with Gasteiger partial charge in [0.2, 0.25) is 17.7 Å². The maximum absolute atomic E-state index is 12.2. The molecule has 0 heterocycles. The van der Waals surface area contributed by atoms with E-state index < -0.39 is 66.2 Å². The molecule has 8 N–H and O–H groups in total. The Balaban J connectivity index is 4.93. The molecule has 29 heavy (non-hydrogen) atoms. The Labute approximate surface area is 166 Å². The number of hydrogen-bond acceptors (Lipinski definition) is 7. The van der Waals surface area contributed by atoms with E-state index in [9.17, 15) is 28.8 Å². The first kappa shape index (κ1) is 25.8. The van der Waals surface area contributed by atoms with Crippen molar-refractivity contribution in [1.29, 1.82) is 0 Å². The van der Waals surface area contributed by atoms with Crippen LogP contribution in [0.25, 0.3) is 0 Å². The molecule has 0 aliphatic carbocycles. The molecular formula is C16H26N4O9. The minimum Gasteiger partial charge on any atom is -0.481 e. The van der Waals surface area contributed by atoms with Crippen LogP contribution in [0.4, 0.5) is 0 Å². The molecule has 13 nitrogen and oxygen atoms in total. The first-order valence-electron chi connectivity index (χ1n) is 8.68. The Bertz CT molecular complexity index is 652. The number of carboxylic acid groups (broad SMARTS) is 3. The van der Waals surface area contributed by atoms with Gasteiger partial charge >= 0.3 is 17.9 Å². The fraction of sp³-hybridized carbons (Fsp3) is 0.625. The molecule has 0 aromatic carbocycles. The van der Waals surface area contributed by atoms with Crippen molar-refractivity contribution in [2.24, 2.45) is 5.73 Å². The van der Waals surface area contributed by atoms with Gasteiger partial charge in [0.15, 0.2) is 0 Å². The number of nitrogens with two attached hydrogens (primary N) is 1. The molecule has 0 aliphatic rings. The van der Waals surface area contributed by atoms with Crippen LogP contribution < -0.4 is 21.7 Å². The SMILES string of the molecule is CC(NC(=O)C(CCC(=O)O)NC(=O)C(C)NC(=O)C(N)CCC(=O)O)C(=O)O. The lowest BCUT2D eigenvalue weighted by Gasteiger charge is -2.22. The monoisotopic (exact) mass is 418 g/mol. The lowest BCUT2D eigenvalue weighted by atomic mass is 10.1. The van der Waals surface area contributed by atoms with Gasteiger partial charge in [0.05, 0.1) is 6.04 Å². The molecular weight excluding hydrogens is 392 g/mol. The molecule has 4 unspecified atom stereocenters. The van der Waals surface area contributed by atoms with Crippen molar-refractivity contribution >= 4 is 35.6 Å². The summed E-state index contributed by atoms with van der Waals surface area (Å²) in [7, 11) is 0. The van der Waals surface area contributed by atoms with Gasteiger partial charge in [0.1, 0.15) is 18.1 Å². The Hall–Kier alpha value is -3.22. The van der Waals surface area contributed by atoms with E-state index >= 15 is 0 Å². The molecule has 0 aromatic heterocycles. The van der Waals surface area contributed by atoms with Crippen LogP contribution in [-0.2, 0) is 28.8 Å². The topological polar surface area (TPSA) is 225 Å². The molecule has 0 bridgehead atoms. The highest BCUT2D eigenvalue weighted by molar-refractivity contribution is 5.94. The van der Waals surface area contributed by atoms with Crippen molar-refractivity contribution in [3.8, 4) is 0 Å². The van der Waals surface area contributed by atoms with E-state index in [1.54, 1.807) is 0 Å². The zero-order chi connectivity index (χ0) is 22.7. The number of carbonyl (C=O) groups excluding carboxylic acids is 3. The van der Waals surface area contributed by atoms with Crippen molar-refractivity contribution in [3.05, 3.63) is 0 Å². The lowest BCUT2D eigenvalue weighted by Crippen LogP contribution is -2.56. The molecule has 0 spiro atoms. The molecule has 3 amide bonds. The van der Waals surface area contributed by atoms with Crippen molar-refractivity contribution < 1.29 is 44.1 Å². The average molecular weight is 418 g/mol. The number of rotatable bonds is 13. The fourth-order valence-electron chi connectivity index (χ4n) is 2.01. The summed E-state index contributed by atoms with van der Waals surface area (Å²) in [6.07, 6.45) is -1.26. The summed E-state index contributed by atoms with van der Waals surface area (Å²) in [6, 6.07) is -4.95. The summed E-state index contributed by atoms with van der Waals surface area (Å²) in [5.74, 6) is -6.20. The van der Waals surface area contributed by atoms with Crippen LogP contribution in [0.2, 0.25) is 0 Å². The quantitative estimate of drug-likeness (QED) is 0.168. The van der Waals surface area contributed by atoms with Crippen molar-refractivity contribution in [3.63, 3.8) is 0 Å². The Morgan fingerprint density at radius 2 is 1.21 bits per heavy atom. The Morgan fingerprint density at radius 3 is 1.69 bits per heavy atom. The van der Waals surface area contributed by atoms with Crippen molar-refractivity contribution in [1.82, 2.24) is 16.0 Å². The summed E-state index contributed by atoms with van der Waals surface area (Å²) in [4.78, 5) is 68.4. The minimum atomic E-state index is -1.35. The Kier molecular flexibility index (Phi) is 10.9. The number of amides is 3. The van der Waals surface area contributed by atoms with E-state index in [-0.39, 0.29) is 19.3 Å². The van der Waals surface area contributed by atoms with E-state index in [1.807, 2.05) is 0 Å². The number of nitrogens with one attached hydrogen (secondary N) is 3. The molecule has 0 saturated carbocycles. The van der Waals surface area contributed by atoms with E-state index in [4.69, 9.17) is 21.1 Å². The second-order valence-electron chi connectivity index (χ2n) is 6.33. The maximum atomic E-state index is 12.2.